The molecule has 2 atom stereocenters. The number of alkyl halides is 3. The van der Waals surface area contributed by atoms with E-state index in [1.165, 1.54) is 11.3 Å². The van der Waals surface area contributed by atoms with E-state index in [1.807, 2.05) is 37.3 Å². The molecule has 3 heterocycles. The molecule has 0 saturated carbocycles. The van der Waals surface area contributed by atoms with Crippen molar-refractivity contribution in [1.82, 2.24) is 10.3 Å². The molecule has 4 nitrogen and oxygen atoms in total. The SMILES string of the molecule is C[C@@H](c1ccccc1)[C@@H]1NC(=O)c2nc(C(F)(F)F)cc(-c3cccs3)c2N1. The monoisotopic (exact) mass is 403 g/mol. The number of benzene rings is 1. The zero-order chi connectivity index (χ0) is 19.9. The minimum atomic E-state index is -4.64. The minimum absolute atomic E-state index is 0.100. The number of carbonyl (C=O) groups is 1. The summed E-state index contributed by atoms with van der Waals surface area (Å²) in [6, 6.07) is 14.1. The van der Waals surface area contributed by atoms with Gasteiger partial charge in [-0.15, -0.1) is 11.3 Å². The molecule has 0 saturated heterocycles. The van der Waals surface area contributed by atoms with Crippen LogP contribution in [0.4, 0.5) is 18.9 Å². The first kappa shape index (κ1) is 18.5. The number of rotatable bonds is 3. The van der Waals surface area contributed by atoms with E-state index >= 15 is 0 Å². The first-order valence-corrected chi connectivity index (χ1v) is 9.51. The van der Waals surface area contributed by atoms with Gasteiger partial charge in [-0.05, 0) is 23.1 Å². The van der Waals surface area contributed by atoms with Crippen LogP contribution in [-0.2, 0) is 6.18 Å². The van der Waals surface area contributed by atoms with E-state index in [-0.39, 0.29) is 11.6 Å². The second-order valence-electron chi connectivity index (χ2n) is 6.55. The van der Waals surface area contributed by atoms with Gasteiger partial charge in [-0.3, -0.25) is 4.79 Å². The van der Waals surface area contributed by atoms with Gasteiger partial charge < -0.3 is 10.6 Å². The van der Waals surface area contributed by atoms with Crippen LogP contribution in [0.3, 0.4) is 0 Å². The van der Waals surface area contributed by atoms with Crippen LogP contribution in [0.5, 0.6) is 0 Å². The molecule has 0 fully saturated rings. The number of fused-ring (bicyclic) bond motifs is 1. The van der Waals surface area contributed by atoms with Crippen molar-refractivity contribution in [3.8, 4) is 10.4 Å². The smallest absolute Gasteiger partial charge is 0.362 e. The molecule has 28 heavy (non-hydrogen) atoms. The van der Waals surface area contributed by atoms with Gasteiger partial charge in [-0.25, -0.2) is 4.98 Å². The highest BCUT2D eigenvalue weighted by Crippen LogP contribution is 2.40. The van der Waals surface area contributed by atoms with E-state index in [0.29, 0.717) is 16.1 Å². The number of aromatic nitrogens is 1. The summed E-state index contributed by atoms with van der Waals surface area (Å²) in [5.41, 5.74) is 0.330. The standard InChI is InChI=1S/C20H16F3N3OS/c1-11(12-6-3-2-4-7-12)18-25-16-13(14-8-5-9-28-14)10-15(20(21,22)23)24-17(16)19(27)26-18/h2-11,18,25H,1H3,(H,26,27)/t11-,18-/m0/s1. The number of amides is 1. The van der Waals surface area contributed by atoms with Crippen LogP contribution in [0.2, 0.25) is 0 Å². The van der Waals surface area contributed by atoms with Crippen molar-refractivity contribution in [1.29, 1.82) is 0 Å². The number of pyridine rings is 1. The maximum atomic E-state index is 13.3. The van der Waals surface area contributed by atoms with Crippen LogP contribution < -0.4 is 10.6 Å². The zero-order valence-electron chi connectivity index (χ0n) is 14.7. The fourth-order valence-electron chi connectivity index (χ4n) is 3.23. The van der Waals surface area contributed by atoms with Gasteiger partial charge in [0.2, 0.25) is 0 Å². The first-order valence-electron chi connectivity index (χ1n) is 8.63. The summed E-state index contributed by atoms with van der Waals surface area (Å²) in [5, 5.41) is 7.73. The molecule has 8 heteroatoms. The Kier molecular flexibility index (Phi) is 4.58. The molecule has 1 aromatic carbocycles. The molecule has 2 aromatic heterocycles. The summed E-state index contributed by atoms with van der Waals surface area (Å²) < 4.78 is 40.0. The fourth-order valence-corrected chi connectivity index (χ4v) is 3.98. The minimum Gasteiger partial charge on any atom is -0.362 e. The van der Waals surface area contributed by atoms with E-state index in [1.54, 1.807) is 17.5 Å². The third-order valence-electron chi connectivity index (χ3n) is 4.72. The Morgan fingerprint density at radius 1 is 1.11 bits per heavy atom. The van der Waals surface area contributed by atoms with Crippen LogP contribution in [-0.4, -0.2) is 17.1 Å². The van der Waals surface area contributed by atoms with Crippen molar-refractivity contribution < 1.29 is 18.0 Å². The molecule has 1 aliphatic rings. The van der Waals surface area contributed by atoms with Crippen LogP contribution in [0.1, 0.15) is 34.6 Å². The van der Waals surface area contributed by atoms with Crippen molar-refractivity contribution in [2.24, 2.45) is 0 Å². The molecule has 0 spiro atoms. The molecular weight excluding hydrogens is 387 g/mol. The Hall–Kier alpha value is -2.87. The molecule has 4 rings (SSSR count). The zero-order valence-corrected chi connectivity index (χ0v) is 15.6. The maximum absolute atomic E-state index is 13.3. The van der Waals surface area contributed by atoms with Gasteiger partial charge in [0.15, 0.2) is 5.69 Å². The number of nitrogens with one attached hydrogen (secondary N) is 2. The summed E-state index contributed by atoms with van der Waals surface area (Å²) in [6.07, 6.45) is -5.12. The van der Waals surface area contributed by atoms with Crippen LogP contribution >= 0.6 is 11.3 Å². The lowest BCUT2D eigenvalue weighted by molar-refractivity contribution is -0.141. The van der Waals surface area contributed by atoms with Crippen LogP contribution in [0.15, 0.2) is 53.9 Å². The van der Waals surface area contributed by atoms with E-state index in [4.69, 9.17) is 0 Å². The van der Waals surface area contributed by atoms with Crippen LogP contribution in [0, 0.1) is 0 Å². The van der Waals surface area contributed by atoms with Gasteiger partial charge in [-0.2, -0.15) is 13.2 Å². The predicted octanol–water partition coefficient (Wildman–Crippen LogP) is 5.11. The van der Waals surface area contributed by atoms with E-state index in [0.717, 1.165) is 11.6 Å². The largest absolute Gasteiger partial charge is 0.433 e. The van der Waals surface area contributed by atoms with Gasteiger partial charge in [0.25, 0.3) is 5.91 Å². The lowest BCUT2D eigenvalue weighted by Gasteiger charge is -2.33. The van der Waals surface area contributed by atoms with Gasteiger partial charge in [0.05, 0.1) is 5.69 Å². The summed E-state index contributed by atoms with van der Waals surface area (Å²) >= 11 is 1.31. The molecule has 0 radical (unpaired) electrons. The third-order valence-corrected chi connectivity index (χ3v) is 5.63. The normalized spacial score (nSPS) is 17.4. The molecule has 2 N–H and O–H groups in total. The number of carbonyl (C=O) groups excluding carboxylic acids is 1. The van der Waals surface area contributed by atoms with Gasteiger partial charge in [-0.1, -0.05) is 43.3 Å². The topological polar surface area (TPSA) is 54.0 Å². The summed E-state index contributed by atoms with van der Waals surface area (Å²) in [5.74, 6) is -0.720. The lowest BCUT2D eigenvalue weighted by atomic mass is 9.95. The van der Waals surface area contributed by atoms with Crippen molar-refractivity contribution in [3.05, 3.63) is 70.9 Å². The van der Waals surface area contributed by atoms with Crippen LogP contribution in [0.25, 0.3) is 10.4 Å². The van der Waals surface area contributed by atoms with Gasteiger partial charge in [0.1, 0.15) is 11.9 Å². The molecular formula is C20H16F3N3OS. The van der Waals surface area contributed by atoms with E-state index in [2.05, 4.69) is 15.6 Å². The maximum Gasteiger partial charge on any atom is 0.433 e. The quantitative estimate of drug-likeness (QED) is 0.639. The molecule has 144 valence electrons. The van der Waals surface area contributed by atoms with Gasteiger partial charge in [0, 0.05) is 16.4 Å². The molecule has 0 aliphatic carbocycles. The average molecular weight is 403 g/mol. The number of hydrogen-bond acceptors (Lipinski definition) is 4. The number of nitrogens with zero attached hydrogens (tertiary/aromatic N) is 1. The number of halogens is 3. The van der Waals surface area contributed by atoms with Gasteiger partial charge >= 0.3 is 6.18 Å². The molecule has 1 aliphatic heterocycles. The Balaban J connectivity index is 1.80. The predicted molar refractivity (Wildman–Crippen MR) is 102 cm³/mol. The average Bonchev–Trinajstić information content (AvgIpc) is 3.21. The Bertz CT molecular complexity index is 1000. The Morgan fingerprint density at radius 3 is 2.50 bits per heavy atom. The van der Waals surface area contributed by atoms with Crippen molar-refractivity contribution in [3.63, 3.8) is 0 Å². The molecule has 0 unspecified atom stereocenters. The second kappa shape index (κ2) is 6.94. The summed E-state index contributed by atoms with van der Waals surface area (Å²) in [7, 11) is 0. The second-order valence-corrected chi connectivity index (χ2v) is 7.50. The van der Waals surface area contributed by atoms with Crippen molar-refractivity contribution in [2.45, 2.75) is 25.2 Å². The fraction of sp³-hybridized carbons (Fsp3) is 0.200. The molecule has 3 aromatic rings. The van der Waals surface area contributed by atoms with E-state index in [9.17, 15) is 18.0 Å². The van der Waals surface area contributed by atoms with Crippen molar-refractivity contribution in [2.75, 3.05) is 5.32 Å². The van der Waals surface area contributed by atoms with Crippen molar-refractivity contribution >= 4 is 22.9 Å². The highest BCUT2D eigenvalue weighted by molar-refractivity contribution is 7.13. The molecule has 1 amide bonds. The molecule has 0 bridgehead atoms. The number of thiophene rings is 1. The number of hydrogen-bond donors (Lipinski definition) is 2. The summed E-state index contributed by atoms with van der Waals surface area (Å²) in [6.45, 7) is 1.95. The lowest BCUT2D eigenvalue weighted by Crippen LogP contribution is -2.48. The summed E-state index contributed by atoms with van der Waals surface area (Å²) in [4.78, 5) is 16.9. The number of anilines is 1. The third kappa shape index (κ3) is 3.35. The first-order chi connectivity index (χ1) is 13.3. The Morgan fingerprint density at radius 2 is 1.86 bits per heavy atom. The highest BCUT2D eigenvalue weighted by atomic mass is 32.1. The van der Waals surface area contributed by atoms with E-state index < -0.39 is 23.9 Å². The Labute approximate surface area is 163 Å². The highest BCUT2D eigenvalue weighted by Gasteiger charge is 2.38.